The van der Waals surface area contributed by atoms with Crippen LogP contribution in [0.2, 0.25) is 5.02 Å². The summed E-state index contributed by atoms with van der Waals surface area (Å²) in [6.07, 6.45) is 0.271. The number of carbonyl (C=O) groups excluding carboxylic acids is 2. The summed E-state index contributed by atoms with van der Waals surface area (Å²) in [5.74, 6) is -0.312. The zero-order chi connectivity index (χ0) is 22.1. The minimum absolute atomic E-state index is 0.0129. The number of nitrogens with one attached hydrogen (secondary N) is 1. The third kappa shape index (κ3) is 4.38. The molecule has 2 aromatic carbocycles. The number of aromatic amines is 1. The van der Waals surface area contributed by atoms with E-state index in [1.807, 2.05) is 37.3 Å². The number of aromatic nitrogens is 2. The molecule has 1 aliphatic heterocycles. The summed E-state index contributed by atoms with van der Waals surface area (Å²) in [6, 6.07) is 14.8. The van der Waals surface area contributed by atoms with Crippen LogP contribution in [0.3, 0.4) is 0 Å². The highest BCUT2D eigenvalue weighted by Gasteiger charge is 2.29. The lowest BCUT2D eigenvalue weighted by Crippen LogP contribution is -2.40. The van der Waals surface area contributed by atoms with E-state index in [4.69, 9.17) is 11.6 Å². The van der Waals surface area contributed by atoms with E-state index in [1.165, 1.54) is 0 Å². The maximum absolute atomic E-state index is 13.0. The van der Waals surface area contributed by atoms with Crippen molar-refractivity contribution in [3.05, 3.63) is 91.0 Å². The molecule has 0 saturated carbocycles. The minimum Gasteiger partial charge on any atom is -0.331 e. The van der Waals surface area contributed by atoms with Crippen LogP contribution in [0.4, 0.5) is 0 Å². The zero-order valence-electron chi connectivity index (χ0n) is 16.9. The summed E-state index contributed by atoms with van der Waals surface area (Å²) in [6.45, 7) is 2.89. The van der Waals surface area contributed by atoms with Gasteiger partial charge in [0.25, 0.3) is 5.91 Å². The summed E-state index contributed by atoms with van der Waals surface area (Å²) in [5.41, 5.74) is 2.06. The molecule has 1 amide bonds. The molecule has 1 aromatic heterocycles. The number of halogens is 2. The Morgan fingerprint density at radius 3 is 2.61 bits per heavy atom. The molecule has 6 nitrogen and oxygen atoms in total. The van der Waals surface area contributed by atoms with Gasteiger partial charge in [0.2, 0.25) is 0 Å². The first-order valence-corrected chi connectivity index (χ1v) is 11.2. The molecular weight excluding hydrogens is 482 g/mol. The van der Waals surface area contributed by atoms with Gasteiger partial charge in [-0.15, -0.1) is 0 Å². The molecule has 0 bridgehead atoms. The van der Waals surface area contributed by atoms with E-state index in [1.54, 1.807) is 27.7 Å². The second-order valence-corrected chi connectivity index (χ2v) is 8.96. The molecule has 4 rings (SSSR count). The van der Waals surface area contributed by atoms with Crippen LogP contribution in [0.5, 0.6) is 0 Å². The van der Waals surface area contributed by atoms with E-state index in [0.717, 1.165) is 5.56 Å². The van der Waals surface area contributed by atoms with Crippen LogP contribution in [0.25, 0.3) is 0 Å². The Labute approximate surface area is 193 Å². The van der Waals surface area contributed by atoms with E-state index in [-0.39, 0.29) is 36.3 Å². The molecule has 0 fully saturated rings. The van der Waals surface area contributed by atoms with Crippen molar-refractivity contribution in [2.75, 3.05) is 6.54 Å². The number of Topliss-reactive ketones (excluding diaryl/α,β-unsaturated/α-hetero) is 1. The van der Waals surface area contributed by atoms with Gasteiger partial charge in [0.15, 0.2) is 5.78 Å². The highest BCUT2D eigenvalue weighted by molar-refractivity contribution is 9.10. The van der Waals surface area contributed by atoms with Gasteiger partial charge in [-0.3, -0.25) is 14.2 Å². The van der Waals surface area contributed by atoms with E-state index < -0.39 is 0 Å². The Morgan fingerprint density at radius 2 is 1.90 bits per heavy atom. The molecule has 0 radical (unpaired) electrons. The maximum atomic E-state index is 13.0. The number of hydrogen-bond donors (Lipinski definition) is 1. The second kappa shape index (κ2) is 8.85. The van der Waals surface area contributed by atoms with Crippen molar-refractivity contribution in [2.45, 2.75) is 32.4 Å². The molecule has 0 unspecified atom stereocenters. The molecule has 160 valence electrons. The summed E-state index contributed by atoms with van der Waals surface area (Å²) in [7, 11) is 0. The van der Waals surface area contributed by atoms with Gasteiger partial charge < -0.3 is 9.88 Å². The zero-order valence-corrected chi connectivity index (χ0v) is 19.2. The second-order valence-electron chi connectivity index (χ2n) is 7.70. The quantitative estimate of drug-likeness (QED) is 0.517. The maximum Gasteiger partial charge on any atom is 0.326 e. The SMILES string of the molecule is C[C@@H](CC(=O)c1[nH]c(=O)n2c1CN(C(=O)c1ccc(Br)c(Cl)c1)CC2)c1ccccc1. The van der Waals surface area contributed by atoms with Gasteiger partial charge in [-0.05, 0) is 45.6 Å². The first-order chi connectivity index (χ1) is 14.8. The summed E-state index contributed by atoms with van der Waals surface area (Å²) < 4.78 is 2.27. The van der Waals surface area contributed by atoms with Gasteiger partial charge in [0.1, 0.15) is 5.69 Å². The van der Waals surface area contributed by atoms with E-state index in [9.17, 15) is 14.4 Å². The molecule has 3 aromatic rings. The van der Waals surface area contributed by atoms with Crippen molar-refractivity contribution in [1.82, 2.24) is 14.5 Å². The average Bonchev–Trinajstić information content (AvgIpc) is 3.11. The fourth-order valence-electron chi connectivity index (χ4n) is 3.88. The third-order valence-electron chi connectivity index (χ3n) is 5.62. The number of H-pyrrole nitrogens is 1. The smallest absolute Gasteiger partial charge is 0.326 e. The van der Waals surface area contributed by atoms with Crippen molar-refractivity contribution in [3.8, 4) is 0 Å². The molecular formula is C23H21BrClN3O3. The van der Waals surface area contributed by atoms with Crippen LogP contribution in [-0.2, 0) is 13.1 Å². The number of rotatable bonds is 5. The van der Waals surface area contributed by atoms with Crippen molar-refractivity contribution < 1.29 is 9.59 Å². The standard InChI is InChI=1S/C23H21BrClN3O3/c1-14(15-5-3-2-4-6-15)11-20(29)21-19-13-27(9-10-28(19)23(31)26-21)22(30)16-7-8-17(24)18(25)12-16/h2-8,12,14H,9-11,13H2,1H3,(H,26,31)/t14-/m0/s1. The normalized spacial score (nSPS) is 14.2. The molecule has 0 spiro atoms. The lowest BCUT2D eigenvalue weighted by molar-refractivity contribution is 0.0706. The lowest BCUT2D eigenvalue weighted by Gasteiger charge is -2.28. The Hall–Kier alpha value is -2.64. The van der Waals surface area contributed by atoms with E-state index >= 15 is 0 Å². The highest BCUT2D eigenvalue weighted by atomic mass is 79.9. The first kappa shape index (κ1) is 21.6. The Balaban J connectivity index is 1.56. The highest BCUT2D eigenvalue weighted by Crippen LogP contribution is 2.26. The number of ketones is 1. The third-order valence-corrected chi connectivity index (χ3v) is 6.85. The molecule has 2 heterocycles. The number of carbonyl (C=O) groups is 2. The number of hydrogen-bond acceptors (Lipinski definition) is 3. The van der Waals surface area contributed by atoms with Crippen LogP contribution in [0, 0.1) is 0 Å². The van der Waals surface area contributed by atoms with Crippen molar-refractivity contribution in [3.63, 3.8) is 0 Å². The van der Waals surface area contributed by atoms with Crippen LogP contribution >= 0.6 is 27.5 Å². The van der Waals surface area contributed by atoms with Crippen LogP contribution < -0.4 is 5.69 Å². The Kier molecular flexibility index (Phi) is 6.16. The van der Waals surface area contributed by atoms with Crippen LogP contribution in [0.1, 0.15) is 51.4 Å². The fourth-order valence-corrected chi connectivity index (χ4v) is 4.31. The first-order valence-electron chi connectivity index (χ1n) is 9.99. The number of amides is 1. The number of fused-ring (bicyclic) bond motifs is 1. The molecule has 0 saturated heterocycles. The summed E-state index contributed by atoms with van der Waals surface area (Å²) in [5, 5.41) is 0.451. The molecule has 1 atom stereocenters. The average molecular weight is 503 g/mol. The lowest BCUT2D eigenvalue weighted by atomic mass is 9.94. The van der Waals surface area contributed by atoms with Crippen molar-refractivity contribution >= 4 is 39.2 Å². The van der Waals surface area contributed by atoms with Crippen LogP contribution in [-0.4, -0.2) is 32.7 Å². The number of nitrogens with zero attached hydrogens (tertiary/aromatic N) is 2. The monoisotopic (exact) mass is 501 g/mol. The summed E-state index contributed by atoms with van der Waals surface area (Å²) in [4.78, 5) is 42.8. The minimum atomic E-state index is -0.315. The Bertz CT molecular complexity index is 1200. The molecule has 0 aliphatic carbocycles. The largest absolute Gasteiger partial charge is 0.331 e. The van der Waals surface area contributed by atoms with Gasteiger partial charge in [-0.2, -0.15) is 0 Å². The molecule has 1 aliphatic rings. The van der Waals surface area contributed by atoms with Crippen molar-refractivity contribution in [1.29, 1.82) is 0 Å². The van der Waals surface area contributed by atoms with E-state index in [0.29, 0.717) is 39.5 Å². The van der Waals surface area contributed by atoms with Gasteiger partial charge in [0, 0.05) is 29.5 Å². The molecule has 31 heavy (non-hydrogen) atoms. The molecule has 8 heteroatoms. The topological polar surface area (TPSA) is 75.2 Å². The number of benzene rings is 2. The predicted octanol–water partition coefficient (Wildman–Crippen LogP) is 4.62. The van der Waals surface area contributed by atoms with Crippen LogP contribution in [0.15, 0.2) is 57.8 Å². The fraction of sp³-hybridized carbons (Fsp3) is 0.261. The van der Waals surface area contributed by atoms with Gasteiger partial charge >= 0.3 is 5.69 Å². The molecule has 1 N–H and O–H groups in total. The predicted molar refractivity (Wildman–Crippen MR) is 123 cm³/mol. The number of imidazole rings is 1. The van der Waals surface area contributed by atoms with Gasteiger partial charge in [-0.1, -0.05) is 48.9 Å². The van der Waals surface area contributed by atoms with E-state index in [2.05, 4.69) is 20.9 Å². The van der Waals surface area contributed by atoms with Gasteiger partial charge in [-0.25, -0.2) is 4.79 Å². The van der Waals surface area contributed by atoms with Gasteiger partial charge in [0.05, 0.1) is 17.3 Å². The van der Waals surface area contributed by atoms with Crippen molar-refractivity contribution in [2.24, 2.45) is 0 Å². The summed E-state index contributed by atoms with van der Waals surface area (Å²) >= 11 is 9.46. The Morgan fingerprint density at radius 1 is 1.16 bits per heavy atom.